The first kappa shape index (κ1) is 16.8. The monoisotopic (exact) mass is 295 g/mol. The van der Waals surface area contributed by atoms with Crippen molar-refractivity contribution in [3.05, 3.63) is 0 Å². The third-order valence-electron chi connectivity index (χ3n) is 5.04. The molecule has 2 fully saturated rings. The topological polar surface area (TPSA) is 26.8 Å². The third-order valence-corrected chi connectivity index (χ3v) is 5.04. The highest BCUT2D eigenvalue weighted by atomic mass is 16.2. The van der Waals surface area contributed by atoms with Gasteiger partial charge in [0.05, 0.1) is 0 Å². The molecule has 21 heavy (non-hydrogen) atoms. The van der Waals surface area contributed by atoms with Crippen molar-refractivity contribution in [2.45, 2.75) is 44.9 Å². The molecule has 2 saturated heterocycles. The highest BCUT2D eigenvalue weighted by molar-refractivity contribution is 5.76. The molecule has 0 aromatic rings. The summed E-state index contributed by atoms with van der Waals surface area (Å²) in [5.41, 5.74) is 0. The molecular weight excluding hydrogens is 262 g/mol. The summed E-state index contributed by atoms with van der Waals surface area (Å²) in [6.07, 6.45) is 8.36. The summed E-state index contributed by atoms with van der Waals surface area (Å²) < 4.78 is 0. The Morgan fingerprint density at radius 2 is 1.71 bits per heavy atom. The van der Waals surface area contributed by atoms with Gasteiger partial charge in [-0.3, -0.25) is 4.79 Å². The van der Waals surface area contributed by atoms with E-state index in [2.05, 4.69) is 28.8 Å². The van der Waals surface area contributed by atoms with Gasteiger partial charge in [0.25, 0.3) is 0 Å². The first-order valence-electron chi connectivity index (χ1n) is 8.80. The standard InChI is InChI=1S/C17H33N3O/c1-18(2)12-6-16-7-13-19(14-8-16)15-9-17(21)20-10-4-3-5-11-20/h16H,3-15H2,1-2H3. The summed E-state index contributed by atoms with van der Waals surface area (Å²) in [6, 6.07) is 0. The number of amides is 1. The lowest BCUT2D eigenvalue weighted by atomic mass is 9.93. The summed E-state index contributed by atoms with van der Waals surface area (Å²) in [6.45, 7) is 6.53. The number of nitrogens with zero attached hydrogens (tertiary/aromatic N) is 3. The number of rotatable bonds is 6. The number of carbonyl (C=O) groups excluding carboxylic acids is 1. The lowest BCUT2D eigenvalue weighted by Crippen LogP contribution is -2.40. The second kappa shape index (κ2) is 8.74. The zero-order valence-corrected chi connectivity index (χ0v) is 14.0. The molecule has 0 aromatic carbocycles. The molecule has 0 N–H and O–H groups in total. The average molecular weight is 295 g/mol. The van der Waals surface area contributed by atoms with E-state index < -0.39 is 0 Å². The van der Waals surface area contributed by atoms with E-state index in [1.807, 2.05) is 0 Å². The number of hydrogen-bond acceptors (Lipinski definition) is 3. The molecule has 0 aromatic heterocycles. The quantitative estimate of drug-likeness (QED) is 0.750. The molecule has 0 aliphatic carbocycles. The maximum Gasteiger partial charge on any atom is 0.223 e. The first-order chi connectivity index (χ1) is 10.1. The van der Waals surface area contributed by atoms with Crippen LogP contribution in [0.5, 0.6) is 0 Å². The van der Waals surface area contributed by atoms with Crippen molar-refractivity contribution in [1.29, 1.82) is 0 Å². The summed E-state index contributed by atoms with van der Waals surface area (Å²) >= 11 is 0. The van der Waals surface area contributed by atoms with Crippen molar-refractivity contribution in [3.8, 4) is 0 Å². The zero-order valence-electron chi connectivity index (χ0n) is 14.0. The normalized spacial score (nSPS) is 22.0. The van der Waals surface area contributed by atoms with Crippen LogP contribution in [0.1, 0.15) is 44.9 Å². The van der Waals surface area contributed by atoms with Crippen LogP contribution in [0.15, 0.2) is 0 Å². The Kier molecular flexibility index (Phi) is 6.97. The second-order valence-corrected chi connectivity index (χ2v) is 7.07. The molecule has 0 radical (unpaired) electrons. The van der Waals surface area contributed by atoms with Crippen LogP contribution < -0.4 is 0 Å². The fourth-order valence-electron chi connectivity index (χ4n) is 3.49. The van der Waals surface area contributed by atoms with Crippen molar-refractivity contribution in [3.63, 3.8) is 0 Å². The molecule has 0 saturated carbocycles. The van der Waals surface area contributed by atoms with Crippen LogP contribution in [0.25, 0.3) is 0 Å². The van der Waals surface area contributed by atoms with Gasteiger partial charge >= 0.3 is 0 Å². The van der Waals surface area contributed by atoms with Crippen molar-refractivity contribution in [2.75, 3.05) is 53.4 Å². The molecule has 2 aliphatic rings. The Morgan fingerprint density at radius 1 is 1.05 bits per heavy atom. The fourth-order valence-corrected chi connectivity index (χ4v) is 3.49. The minimum atomic E-state index is 0.379. The van der Waals surface area contributed by atoms with Crippen molar-refractivity contribution >= 4 is 5.91 Å². The Balaban J connectivity index is 1.59. The van der Waals surface area contributed by atoms with Gasteiger partial charge in [0.1, 0.15) is 0 Å². The highest BCUT2D eigenvalue weighted by Gasteiger charge is 2.21. The van der Waals surface area contributed by atoms with Crippen LogP contribution in [0.3, 0.4) is 0 Å². The highest BCUT2D eigenvalue weighted by Crippen LogP contribution is 2.21. The molecule has 0 atom stereocenters. The predicted molar refractivity (Wildman–Crippen MR) is 87.4 cm³/mol. The van der Waals surface area contributed by atoms with Gasteiger partial charge in [-0.25, -0.2) is 0 Å². The average Bonchev–Trinajstić information content (AvgIpc) is 2.52. The second-order valence-electron chi connectivity index (χ2n) is 7.07. The van der Waals surface area contributed by atoms with Crippen LogP contribution in [-0.2, 0) is 4.79 Å². The molecule has 2 heterocycles. The van der Waals surface area contributed by atoms with Crippen LogP contribution in [0.4, 0.5) is 0 Å². The number of hydrogen-bond donors (Lipinski definition) is 0. The molecule has 0 spiro atoms. The number of carbonyl (C=O) groups is 1. The summed E-state index contributed by atoms with van der Waals surface area (Å²) in [4.78, 5) is 19.0. The maximum absolute atomic E-state index is 12.2. The molecule has 4 heteroatoms. The molecule has 0 bridgehead atoms. The SMILES string of the molecule is CN(C)CCC1CCN(CCC(=O)N2CCCCC2)CC1. The van der Waals surface area contributed by atoms with Gasteiger partial charge in [0.15, 0.2) is 0 Å². The molecule has 1 amide bonds. The van der Waals surface area contributed by atoms with E-state index in [1.54, 1.807) is 0 Å². The van der Waals surface area contributed by atoms with Crippen LogP contribution >= 0.6 is 0 Å². The van der Waals surface area contributed by atoms with Gasteiger partial charge < -0.3 is 14.7 Å². The summed E-state index contributed by atoms with van der Waals surface area (Å²) in [5.74, 6) is 1.27. The van der Waals surface area contributed by atoms with E-state index in [1.165, 1.54) is 58.2 Å². The van der Waals surface area contributed by atoms with E-state index in [0.717, 1.165) is 32.0 Å². The van der Waals surface area contributed by atoms with Gasteiger partial charge in [-0.15, -0.1) is 0 Å². The van der Waals surface area contributed by atoms with E-state index in [0.29, 0.717) is 5.91 Å². The van der Waals surface area contributed by atoms with Crippen LogP contribution in [-0.4, -0.2) is 74.0 Å². The Hall–Kier alpha value is -0.610. The van der Waals surface area contributed by atoms with Crippen LogP contribution in [0, 0.1) is 5.92 Å². The van der Waals surface area contributed by atoms with E-state index >= 15 is 0 Å². The lowest BCUT2D eigenvalue weighted by molar-refractivity contribution is -0.132. The number of piperidine rings is 2. The van der Waals surface area contributed by atoms with Crippen molar-refractivity contribution in [2.24, 2.45) is 5.92 Å². The van der Waals surface area contributed by atoms with Gasteiger partial charge in [-0.2, -0.15) is 0 Å². The maximum atomic E-state index is 12.2. The van der Waals surface area contributed by atoms with E-state index in [4.69, 9.17) is 0 Å². The Bertz CT molecular complexity index is 305. The molecule has 2 rings (SSSR count). The summed E-state index contributed by atoms with van der Waals surface area (Å²) in [5, 5.41) is 0. The van der Waals surface area contributed by atoms with E-state index in [-0.39, 0.29) is 0 Å². The molecule has 122 valence electrons. The third kappa shape index (κ3) is 5.95. The van der Waals surface area contributed by atoms with Gasteiger partial charge in [0.2, 0.25) is 5.91 Å². The lowest BCUT2D eigenvalue weighted by Gasteiger charge is -2.33. The van der Waals surface area contributed by atoms with Crippen molar-refractivity contribution < 1.29 is 4.79 Å². The van der Waals surface area contributed by atoms with Gasteiger partial charge in [0, 0.05) is 26.1 Å². The van der Waals surface area contributed by atoms with Gasteiger partial charge in [-0.05, 0) is 78.2 Å². The smallest absolute Gasteiger partial charge is 0.223 e. The Morgan fingerprint density at radius 3 is 2.33 bits per heavy atom. The Labute approximate surface area is 130 Å². The molecular formula is C17H33N3O. The molecule has 0 unspecified atom stereocenters. The first-order valence-corrected chi connectivity index (χ1v) is 8.80. The number of likely N-dealkylation sites (tertiary alicyclic amines) is 2. The predicted octanol–water partition coefficient (Wildman–Crippen LogP) is 2.05. The minimum absolute atomic E-state index is 0.379. The van der Waals surface area contributed by atoms with Crippen molar-refractivity contribution in [1.82, 2.24) is 14.7 Å². The van der Waals surface area contributed by atoms with Crippen LogP contribution in [0.2, 0.25) is 0 Å². The zero-order chi connectivity index (χ0) is 15.1. The minimum Gasteiger partial charge on any atom is -0.343 e. The summed E-state index contributed by atoms with van der Waals surface area (Å²) in [7, 11) is 4.31. The van der Waals surface area contributed by atoms with Gasteiger partial charge in [-0.1, -0.05) is 0 Å². The largest absolute Gasteiger partial charge is 0.343 e. The molecule has 4 nitrogen and oxygen atoms in total. The fraction of sp³-hybridized carbons (Fsp3) is 0.941. The van der Waals surface area contributed by atoms with E-state index in [9.17, 15) is 4.79 Å². The molecule has 2 aliphatic heterocycles.